The molecule has 2 heterocycles. The van der Waals surface area contributed by atoms with Crippen LogP contribution < -0.4 is 10.6 Å². The highest BCUT2D eigenvalue weighted by atomic mass is 35.5. The summed E-state index contributed by atoms with van der Waals surface area (Å²) in [6.07, 6.45) is 4.28. The molecule has 1 aliphatic heterocycles. The first-order valence-electron chi connectivity index (χ1n) is 7.92. The van der Waals surface area contributed by atoms with Crippen LogP contribution >= 0.6 is 12.4 Å². The Hall–Kier alpha value is -2.06. The number of halogens is 3. The van der Waals surface area contributed by atoms with Gasteiger partial charge >= 0.3 is 0 Å². The number of rotatable bonds is 5. The average molecular weight is 372 g/mol. The number of carbonyl (C=O) groups is 1. The van der Waals surface area contributed by atoms with Crippen LogP contribution in [0, 0.1) is 11.6 Å². The number of aromatic nitrogens is 3. The highest BCUT2D eigenvalue weighted by Crippen LogP contribution is 2.27. The smallest absolute Gasteiger partial charge is 0.222 e. The maximum absolute atomic E-state index is 13.5. The third-order valence-corrected chi connectivity index (χ3v) is 4.24. The van der Waals surface area contributed by atoms with Gasteiger partial charge in [-0.05, 0) is 30.7 Å². The number of piperidine rings is 1. The van der Waals surface area contributed by atoms with Crippen molar-refractivity contribution in [2.24, 2.45) is 0 Å². The lowest BCUT2D eigenvalue weighted by Gasteiger charge is -2.33. The molecule has 1 amide bonds. The van der Waals surface area contributed by atoms with Crippen LogP contribution in [0.2, 0.25) is 0 Å². The summed E-state index contributed by atoms with van der Waals surface area (Å²) >= 11 is 0. The Balaban J connectivity index is 0.00000225. The molecule has 0 saturated carbocycles. The fraction of sp³-hybridized carbons (Fsp3) is 0.438. The molecule has 2 unspecified atom stereocenters. The van der Waals surface area contributed by atoms with Crippen LogP contribution in [-0.2, 0) is 11.3 Å². The lowest BCUT2D eigenvalue weighted by Crippen LogP contribution is -2.50. The maximum Gasteiger partial charge on any atom is 0.222 e. The molecule has 9 heteroatoms. The second-order valence-corrected chi connectivity index (χ2v) is 5.86. The third kappa shape index (κ3) is 4.96. The van der Waals surface area contributed by atoms with Gasteiger partial charge in [-0.2, -0.15) is 0 Å². The third-order valence-electron chi connectivity index (χ3n) is 4.24. The summed E-state index contributed by atoms with van der Waals surface area (Å²) in [6, 6.07) is 3.78. The van der Waals surface area contributed by atoms with Crippen molar-refractivity contribution in [2.75, 3.05) is 13.1 Å². The van der Waals surface area contributed by atoms with Crippen LogP contribution in [0.1, 0.15) is 24.3 Å². The Bertz CT molecular complexity index is 698. The summed E-state index contributed by atoms with van der Waals surface area (Å²) < 4.78 is 28.2. The summed E-state index contributed by atoms with van der Waals surface area (Å²) in [6.45, 7) is 1.82. The van der Waals surface area contributed by atoms with Gasteiger partial charge < -0.3 is 10.6 Å². The van der Waals surface area contributed by atoms with Crippen molar-refractivity contribution >= 4 is 18.3 Å². The van der Waals surface area contributed by atoms with Gasteiger partial charge in [-0.15, -0.1) is 17.5 Å². The molecule has 2 atom stereocenters. The van der Waals surface area contributed by atoms with Gasteiger partial charge in [0.25, 0.3) is 0 Å². The number of hydrogen-bond acceptors (Lipinski definition) is 4. The molecule has 1 aromatic heterocycles. The highest BCUT2D eigenvalue weighted by Gasteiger charge is 2.28. The van der Waals surface area contributed by atoms with E-state index in [1.165, 1.54) is 6.07 Å². The first-order chi connectivity index (χ1) is 11.6. The number of nitrogens with one attached hydrogen (secondary N) is 2. The molecule has 2 N–H and O–H groups in total. The minimum atomic E-state index is -0.860. The van der Waals surface area contributed by atoms with E-state index >= 15 is 0 Å². The van der Waals surface area contributed by atoms with Gasteiger partial charge in [0.15, 0.2) is 11.6 Å². The molecule has 1 saturated heterocycles. The Labute approximate surface area is 150 Å². The standard InChI is InChI=1S/C16H19F2N5O.ClH/c17-13-2-1-11(9-14(13)18)12-3-5-19-10-15(12)21-16(24)4-7-23-8-6-20-22-23;/h1-2,6,8-9,12,15,19H,3-5,7,10H2,(H,21,24);1H. The van der Waals surface area contributed by atoms with Crippen molar-refractivity contribution in [3.05, 3.63) is 47.8 Å². The molecule has 0 aliphatic carbocycles. The second kappa shape index (κ2) is 8.87. The van der Waals surface area contributed by atoms with Gasteiger partial charge in [0.1, 0.15) is 0 Å². The van der Waals surface area contributed by atoms with Gasteiger partial charge in [-0.25, -0.2) is 8.78 Å². The van der Waals surface area contributed by atoms with Crippen molar-refractivity contribution in [3.63, 3.8) is 0 Å². The van der Waals surface area contributed by atoms with Gasteiger partial charge in [-0.3, -0.25) is 9.48 Å². The van der Waals surface area contributed by atoms with Crippen molar-refractivity contribution < 1.29 is 13.6 Å². The van der Waals surface area contributed by atoms with Crippen molar-refractivity contribution in [3.8, 4) is 0 Å². The van der Waals surface area contributed by atoms with E-state index in [0.29, 0.717) is 18.7 Å². The maximum atomic E-state index is 13.5. The van der Waals surface area contributed by atoms with E-state index in [0.717, 1.165) is 19.0 Å². The number of aryl methyl sites for hydroxylation is 1. The lowest BCUT2D eigenvalue weighted by atomic mass is 9.86. The molecule has 0 radical (unpaired) electrons. The number of amides is 1. The van der Waals surface area contributed by atoms with E-state index in [4.69, 9.17) is 0 Å². The SMILES string of the molecule is Cl.O=C(CCn1ccnn1)NC1CNCCC1c1ccc(F)c(F)c1. The zero-order valence-corrected chi connectivity index (χ0v) is 14.3. The van der Waals surface area contributed by atoms with E-state index in [-0.39, 0.29) is 36.7 Å². The summed E-state index contributed by atoms with van der Waals surface area (Å²) in [7, 11) is 0. The van der Waals surface area contributed by atoms with E-state index in [9.17, 15) is 13.6 Å². The lowest BCUT2D eigenvalue weighted by molar-refractivity contribution is -0.122. The molecule has 136 valence electrons. The van der Waals surface area contributed by atoms with E-state index in [1.807, 2.05) is 0 Å². The predicted octanol–water partition coefficient (Wildman–Crippen LogP) is 1.63. The molecule has 1 fully saturated rings. The number of hydrogen-bond donors (Lipinski definition) is 2. The average Bonchev–Trinajstić information content (AvgIpc) is 3.10. The quantitative estimate of drug-likeness (QED) is 0.838. The molecule has 3 rings (SSSR count). The molecule has 1 aliphatic rings. The first kappa shape index (κ1) is 19.3. The molecule has 0 spiro atoms. The Kier molecular flexibility index (Phi) is 6.83. The summed E-state index contributed by atoms with van der Waals surface area (Å²) in [5, 5.41) is 13.7. The molecule has 2 aromatic rings. The van der Waals surface area contributed by atoms with Crippen molar-refractivity contribution in [1.82, 2.24) is 25.6 Å². The summed E-state index contributed by atoms with van der Waals surface area (Å²) in [5.41, 5.74) is 0.706. The van der Waals surface area contributed by atoms with Gasteiger partial charge in [0, 0.05) is 31.1 Å². The Morgan fingerprint density at radius 2 is 2.20 bits per heavy atom. The van der Waals surface area contributed by atoms with Crippen molar-refractivity contribution in [1.29, 1.82) is 0 Å². The summed E-state index contributed by atoms with van der Waals surface area (Å²) in [4.78, 5) is 12.2. The van der Waals surface area contributed by atoms with Crippen LogP contribution in [0.3, 0.4) is 0 Å². The molecular formula is C16H20ClF2N5O. The zero-order chi connectivity index (χ0) is 16.9. The topological polar surface area (TPSA) is 71.8 Å². The predicted molar refractivity (Wildman–Crippen MR) is 90.4 cm³/mol. The van der Waals surface area contributed by atoms with Crippen LogP contribution in [0.15, 0.2) is 30.6 Å². The van der Waals surface area contributed by atoms with Crippen LogP contribution in [0.5, 0.6) is 0 Å². The number of nitrogens with zero attached hydrogens (tertiary/aromatic N) is 3. The number of benzene rings is 1. The molecule has 0 bridgehead atoms. The second-order valence-electron chi connectivity index (χ2n) is 5.86. The normalized spacial score (nSPS) is 19.9. The van der Waals surface area contributed by atoms with E-state index < -0.39 is 11.6 Å². The molecule has 25 heavy (non-hydrogen) atoms. The molecular weight excluding hydrogens is 352 g/mol. The molecule has 1 aromatic carbocycles. The fourth-order valence-electron chi connectivity index (χ4n) is 3.00. The van der Waals surface area contributed by atoms with Crippen LogP contribution in [0.4, 0.5) is 8.78 Å². The number of carbonyl (C=O) groups excluding carboxylic acids is 1. The summed E-state index contributed by atoms with van der Waals surface area (Å²) in [5.74, 6) is -1.87. The van der Waals surface area contributed by atoms with E-state index in [2.05, 4.69) is 20.9 Å². The fourth-order valence-corrected chi connectivity index (χ4v) is 3.00. The largest absolute Gasteiger partial charge is 0.351 e. The van der Waals surface area contributed by atoms with Gasteiger partial charge in [0.05, 0.1) is 12.7 Å². The monoisotopic (exact) mass is 371 g/mol. The molecule has 6 nitrogen and oxygen atoms in total. The highest BCUT2D eigenvalue weighted by molar-refractivity contribution is 5.85. The van der Waals surface area contributed by atoms with E-state index in [1.54, 1.807) is 23.1 Å². The minimum Gasteiger partial charge on any atom is -0.351 e. The van der Waals surface area contributed by atoms with Crippen LogP contribution in [-0.4, -0.2) is 40.0 Å². The van der Waals surface area contributed by atoms with Crippen LogP contribution in [0.25, 0.3) is 0 Å². The minimum absolute atomic E-state index is 0. The van der Waals surface area contributed by atoms with Crippen molar-refractivity contribution in [2.45, 2.75) is 31.3 Å². The first-order valence-corrected chi connectivity index (χ1v) is 7.92. The van der Waals surface area contributed by atoms with Gasteiger partial charge in [0.2, 0.25) is 5.91 Å². The Morgan fingerprint density at radius 1 is 1.36 bits per heavy atom. The van der Waals surface area contributed by atoms with Gasteiger partial charge in [-0.1, -0.05) is 11.3 Å². The Morgan fingerprint density at radius 3 is 2.92 bits per heavy atom. The zero-order valence-electron chi connectivity index (χ0n) is 13.5.